The molecule has 0 aromatic rings. The molecule has 1 unspecified atom stereocenters. The summed E-state index contributed by atoms with van der Waals surface area (Å²) in [5, 5.41) is 0. The van der Waals surface area contributed by atoms with Gasteiger partial charge in [-0.25, -0.2) is 0 Å². The number of hydrogen-bond acceptors (Lipinski definition) is 3. The van der Waals surface area contributed by atoms with Crippen LogP contribution in [0.2, 0.25) is 0 Å². The Morgan fingerprint density at radius 3 is 2.87 bits per heavy atom. The van der Waals surface area contributed by atoms with Crippen molar-refractivity contribution >= 4 is 11.9 Å². The molecule has 1 amide bonds. The molecule has 0 aromatic carbocycles. The maximum absolute atomic E-state index is 11.7. The molecule has 0 spiro atoms. The molecule has 4 nitrogen and oxygen atoms in total. The number of esters is 1. The Morgan fingerprint density at radius 2 is 2.40 bits per heavy atom. The van der Waals surface area contributed by atoms with Crippen LogP contribution in [-0.2, 0) is 14.3 Å². The highest BCUT2D eigenvalue weighted by Crippen LogP contribution is 2.22. The standard InChI is InChI=1S/C11H15NO3/c1-4-9-6-7-12(11(9)14)8(3)15-10(13)5-2/h4,9H,1,3,5-7H2,2H3. The molecule has 1 saturated heterocycles. The molecule has 0 aliphatic carbocycles. The zero-order valence-electron chi connectivity index (χ0n) is 8.86. The first-order valence-corrected chi connectivity index (χ1v) is 4.93. The molecule has 1 aliphatic rings. The van der Waals surface area contributed by atoms with Gasteiger partial charge in [-0.05, 0) is 13.0 Å². The van der Waals surface area contributed by atoms with E-state index in [1.807, 2.05) is 0 Å². The largest absolute Gasteiger partial charge is 0.410 e. The predicted octanol–water partition coefficient (Wildman–Crippen LogP) is 1.45. The second kappa shape index (κ2) is 4.77. The van der Waals surface area contributed by atoms with Crippen molar-refractivity contribution in [3.8, 4) is 0 Å². The number of rotatable bonds is 4. The van der Waals surface area contributed by atoms with E-state index in [1.54, 1.807) is 13.0 Å². The highest BCUT2D eigenvalue weighted by Gasteiger charge is 2.32. The van der Waals surface area contributed by atoms with Gasteiger partial charge < -0.3 is 4.74 Å². The fourth-order valence-corrected chi connectivity index (χ4v) is 1.43. The van der Waals surface area contributed by atoms with E-state index in [9.17, 15) is 9.59 Å². The van der Waals surface area contributed by atoms with Crippen LogP contribution in [0.3, 0.4) is 0 Å². The lowest BCUT2D eigenvalue weighted by atomic mass is 10.1. The summed E-state index contributed by atoms with van der Waals surface area (Å²) in [5.74, 6) is -0.535. The van der Waals surface area contributed by atoms with Gasteiger partial charge in [-0.2, -0.15) is 0 Å². The lowest BCUT2D eigenvalue weighted by Crippen LogP contribution is -2.28. The highest BCUT2D eigenvalue weighted by molar-refractivity contribution is 5.84. The Bertz CT molecular complexity index is 309. The van der Waals surface area contributed by atoms with Crippen molar-refractivity contribution < 1.29 is 14.3 Å². The van der Waals surface area contributed by atoms with Crippen LogP contribution < -0.4 is 0 Å². The van der Waals surface area contributed by atoms with Crippen LogP contribution in [0.5, 0.6) is 0 Å². The Labute approximate surface area is 89.2 Å². The Morgan fingerprint density at radius 1 is 1.73 bits per heavy atom. The van der Waals surface area contributed by atoms with Crippen molar-refractivity contribution in [2.75, 3.05) is 6.54 Å². The SMILES string of the molecule is C=CC1CCN(C(=C)OC(=O)CC)C1=O. The van der Waals surface area contributed by atoms with E-state index in [2.05, 4.69) is 13.2 Å². The Balaban J connectivity index is 2.59. The first-order chi connectivity index (χ1) is 7.10. The summed E-state index contributed by atoms with van der Waals surface area (Å²) in [6.45, 7) is 9.37. The maximum Gasteiger partial charge on any atom is 0.312 e. The second-order valence-electron chi connectivity index (χ2n) is 3.34. The van der Waals surface area contributed by atoms with Crippen molar-refractivity contribution in [3.05, 3.63) is 25.1 Å². The van der Waals surface area contributed by atoms with Crippen molar-refractivity contribution in [1.29, 1.82) is 0 Å². The molecule has 82 valence electrons. The fourth-order valence-electron chi connectivity index (χ4n) is 1.43. The number of likely N-dealkylation sites (tertiary alicyclic amines) is 1. The van der Waals surface area contributed by atoms with Gasteiger partial charge in [0.05, 0.1) is 5.92 Å². The fraction of sp³-hybridized carbons (Fsp3) is 0.455. The van der Waals surface area contributed by atoms with Crippen molar-refractivity contribution in [3.63, 3.8) is 0 Å². The highest BCUT2D eigenvalue weighted by atomic mass is 16.6. The van der Waals surface area contributed by atoms with Crippen LogP contribution in [0.15, 0.2) is 25.1 Å². The minimum absolute atomic E-state index is 0.0982. The topological polar surface area (TPSA) is 46.6 Å². The lowest BCUT2D eigenvalue weighted by Gasteiger charge is -2.17. The molecule has 1 atom stereocenters. The van der Waals surface area contributed by atoms with Crippen molar-refractivity contribution in [2.45, 2.75) is 19.8 Å². The van der Waals surface area contributed by atoms with Gasteiger partial charge in [-0.3, -0.25) is 14.5 Å². The molecular weight excluding hydrogens is 194 g/mol. The van der Waals surface area contributed by atoms with Gasteiger partial charge in [0, 0.05) is 13.0 Å². The number of nitrogens with zero attached hydrogens (tertiary/aromatic N) is 1. The van der Waals surface area contributed by atoms with Gasteiger partial charge >= 0.3 is 5.97 Å². The summed E-state index contributed by atoms with van der Waals surface area (Å²) in [6.07, 6.45) is 2.58. The van der Waals surface area contributed by atoms with Crippen molar-refractivity contribution in [1.82, 2.24) is 4.90 Å². The van der Waals surface area contributed by atoms with Gasteiger partial charge in [-0.1, -0.05) is 13.0 Å². The normalized spacial score (nSPS) is 20.2. The lowest BCUT2D eigenvalue weighted by molar-refractivity contribution is -0.143. The minimum Gasteiger partial charge on any atom is -0.410 e. The van der Waals surface area contributed by atoms with Gasteiger partial charge in [0.15, 0.2) is 5.88 Å². The first kappa shape index (κ1) is 11.5. The summed E-state index contributed by atoms with van der Waals surface area (Å²) < 4.78 is 4.88. The van der Waals surface area contributed by atoms with E-state index in [1.165, 1.54) is 4.90 Å². The maximum atomic E-state index is 11.7. The first-order valence-electron chi connectivity index (χ1n) is 4.93. The van der Waals surface area contributed by atoms with E-state index < -0.39 is 0 Å². The zero-order valence-corrected chi connectivity index (χ0v) is 8.86. The van der Waals surface area contributed by atoms with E-state index >= 15 is 0 Å². The Kier molecular flexibility index (Phi) is 3.66. The average molecular weight is 209 g/mol. The molecular formula is C11H15NO3. The average Bonchev–Trinajstić information content (AvgIpc) is 2.59. The Hall–Kier alpha value is -1.58. The molecule has 1 fully saturated rings. The van der Waals surface area contributed by atoms with Gasteiger partial charge in [0.1, 0.15) is 0 Å². The van der Waals surface area contributed by atoms with Gasteiger partial charge in [-0.15, -0.1) is 6.58 Å². The molecule has 0 N–H and O–H groups in total. The third-order valence-corrected chi connectivity index (χ3v) is 2.35. The number of carbonyl (C=O) groups is 2. The number of hydrogen-bond donors (Lipinski definition) is 0. The quantitative estimate of drug-likeness (QED) is 0.400. The molecule has 0 saturated carbocycles. The molecule has 0 aromatic heterocycles. The molecule has 1 aliphatic heterocycles. The molecule has 0 radical (unpaired) electrons. The molecule has 1 rings (SSSR count). The zero-order chi connectivity index (χ0) is 11.4. The summed E-state index contributed by atoms with van der Waals surface area (Å²) in [5.41, 5.74) is 0. The number of amides is 1. The van der Waals surface area contributed by atoms with E-state index in [0.29, 0.717) is 13.0 Å². The van der Waals surface area contributed by atoms with Crippen LogP contribution in [0.1, 0.15) is 19.8 Å². The third-order valence-electron chi connectivity index (χ3n) is 2.35. The molecule has 4 heteroatoms. The van der Waals surface area contributed by atoms with Crippen molar-refractivity contribution in [2.24, 2.45) is 5.92 Å². The van der Waals surface area contributed by atoms with Crippen LogP contribution in [0, 0.1) is 5.92 Å². The summed E-state index contributed by atoms with van der Waals surface area (Å²) in [4.78, 5) is 24.0. The smallest absolute Gasteiger partial charge is 0.312 e. The monoisotopic (exact) mass is 209 g/mol. The van der Waals surface area contributed by atoms with Crippen LogP contribution in [0.4, 0.5) is 0 Å². The van der Waals surface area contributed by atoms with Gasteiger partial charge in [0.2, 0.25) is 5.91 Å². The second-order valence-corrected chi connectivity index (χ2v) is 3.34. The van der Waals surface area contributed by atoms with E-state index in [0.717, 1.165) is 0 Å². The van der Waals surface area contributed by atoms with Crippen LogP contribution >= 0.6 is 0 Å². The van der Waals surface area contributed by atoms with Crippen LogP contribution in [-0.4, -0.2) is 23.3 Å². The number of ether oxygens (including phenoxy) is 1. The number of carbonyl (C=O) groups excluding carboxylic acids is 2. The van der Waals surface area contributed by atoms with E-state index in [-0.39, 0.29) is 30.1 Å². The summed E-state index contributed by atoms with van der Waals surface area (Å²) >= 11 is 0. The minimum atomic E-state index is -0.380. The van der Waals surface area contributed by atoms with Crippen LogP contribution in [0.25, 0.3) is 0 Å². The summed E-state index contributed by atoms with van der Waals surface area (Å²) in [7, 11) is 0. The summed E-state index contributed by atoms with van der Waals surface area (Å²) in [6, 6.07) is 0. The van der Waals surface area contributed by atoms with E-state index in [4.69, 9.17) is 4.74 Å². The van der Waals surface area contributed by atoms with Gasteiger partial charge in [0.25, 0.3) is 0 Å². The predicted molar refractivity (Wildman–Crippen MR) is 55.5 cm³/mol. The third kappa shape index (κ3) is 2.46. The molecule has 1 heterocycles. The molecule has 0 bridgehead atoms. The molecule has 15 heavy (non-hydrogen) atoms.